The van der Waals surface area contributed by atoms with Crippen molar-refractivity contribution in [2.75, 3.05) is 24.7 Å². The first-order valence-electron chi connectivity index (χ1n) is 8.03. The van der Waals surface area contributed by atoms with Crippen molar-refractivity contribution in [1.29, 1.82) is 5.26 Å². The van der Waals surface area contributed by atoms with Crippen LogP contribution in [0.5, 0.6) is 11.5 Å². The maximum Gasteiger partial charge on any atom is 0.414 e. The minimum atomic E-state index is -0.504. The lowest BCUT2D eigenvalue weighted by Crippen LogP contribution is -2.32. The summed E-state index contributed by atoms with van der Waals surface area (Å²) in [5.74, 6) is 1.23. The van der Waals surface area contributed by atoms with Gasteiger partial charge in [0.25, 0.3) is 0 Å². The quantitative estimate of drug-likeness (QED) is 0.834. The predicted octanol–water partition coefficient (Wildman–Crippen LogP) is 3.51. The fourth-order valence-corrected chi connectivity index (χ4v) is 2.48. The molecule has 0 spiro atoms. The van der Waals surface area contributed by atoms with Crippen LogP contribution in [-0.4, -0.2) is 25.9 Å². The summed E-state index contributed by atoms with van der Waals surface area (Å²) in [5, 5.41) is 8.87. The minimum Gasteiger partial charge on any atom is -0.486 e. The first kappa shape index (κ1) is 16.7. The summed E-state index contributed by atoms with van der Waals surface area (Å²) in [5.41, 5.74) is 1.51. The van der Waals surface area contributed by atoms with Gasteiger partial charge in [0.2, 0.25) is 0 Å². The van der Waals surface area contributed by atoms with Crippen LogP contribution < -0.4 is 14.4 Å². The first-order valence-corrected chi connectivity index (χ1v) is 8.03. The summed E-state index contributed by atoms with van der Waals surface area (Å²) in [6.07, 6.45) is -0.301. The predicted molar refractivity (Wildman–Crippen MR) is 91.6 cm³/mol. The normalized spacial score (nSPS) is 12.1. The van der Waals surface area contributed by atoms with Gasteiger partial charge in [-0.3, -0.25) is 4.90 Å². The van der Waals surface area contributed by atoms with Gasteiger partial charge in [-0.15, -0.1) is 0 Å². The lowest BCUT2D eigenvalue weighted by atomic mass is 10.2. The highest BCUT2D eigenvalue weighted by Gasteiger charge is 2.20. The third-order valence-corrected chi connectivity index (χ3v) is 3.71. The fourth-order valence-electron chi connectivity index (χ4n) is 2.48. The molecule has 0 saturated heterocycles. The molecular formula is C19H18N2O4. The number of ether oxygens (including phenoxy) is 3. The molecule has 0 aliphatic carbocycles. The molecule has 0 radical (unpaired) electrons. The molecule has 25 heavy (non-hydrogen) atoms. The van der Waals surface area contributed by atoms with Crippen LogP contribution >= 0.6 is 0 Å². The summed E-state index contributed by atoms with van der Waals surface area (Å²) in [6, 6.07) is 16.7. The number of carbonyl (C=O) groups is 1. The van der Waals surface area contributed by atoms with Crippen molar-refractivity contribution in [2.45, 2.75) is 13.0 Å². The Bertz CT molecular complexity index is 771. The van der Waals surface area contributed by atoms with Gasteiger partial charge >= 0.3 is 6.09 Å². The second-order valence-corrected chi connectivity index (χ2v) is 5.43. The molecule has 1 aliphatic heterocycles. The molecule has 6 nitrogen and oxygen atoms in total. The number of nitrogens with zero attached hydrogens (tertiary/aromatic N) is 2. The molecular weight excluding hydrogens is 320 g/mol. The van der Waals surface area contributed by atoms with Crippen molar-refractivity contribution < 1.29 is 19.0 Å². The van der Waals surface area contributed by atoms with E-state index in [0.717, 1.165) is 5.56 Å². The van der Waals surface area contributed by atoms with Crippen LogP contribution in [-0.2, 0) is 11.3 Å². The molecule has 0 N–H and O–H groups in total. The highest BCUT2D eigenvalue weighted by molar-refractivity contribution is 5.88. The second-order valence-electron chi connectivity index (χ2n) is 5.43. The second kappa shape index (κ2) is 8.06. The number of benzene rings is 2. The van der Waals surface area contributed by atoms with Crippen molar-refractivity contribution in [2.24, 2.45) is 0 Å². The van der Waals surface area contributed by atoms with Gasteiger partial charge in [0.15, 0.2) is 11.5 Å². The van der Waals surface area contributed by atoms with Crippen molar-refractivity contribution in [3.63, 3.8) is 0 Å². The van der Waals surface area contributed by atoms with Crippen LogP contribution in [0, 0.1) is 11.3 Å². The standard InChI is InChI=1S/C19H18N2O4/c20-9-4-10-21(19(22)25-14-15-5-2-1-3-6-15)16-7-8-17-18(13-16)24-12-11-23-17/h1-3,5-8,13H,4,10-12,14H2. The zero-order valence-corrected chi connectivity index (χ0v) is 13.7. The third kappa shape index (κ3) is 4.21. The Hall–Kier alpha value is -3.20. The van der Waals surface area contributed by atoms with Crippen molar-refractivity contribution in [1.82, 2.24) is 0 Å². The van der Waals surface area contributed by atoms with E-state index in [9.17, 15) is 4.79 Å². The van der Waals surface area contributed by atoms with Crippen molar-refractivity contribution >= 4 is 11.8 Å². The number of anilines is 1. The number of amides is 1. The van der Waals surface area contributed by atoms with Crippen LogP contribution in [0.15, 0.2) is 48.5 Å². The van der Waals surface area contributed by atoms with Crippen LogP contribution in [0.4, 0.5) is 10.5 Å². The molecule has 2 aromatic carbocycles. The smallest absolute Gasteiger partial charge is 0.414 e. The topological polar surface area (TPSA) is 71.8 Å². The van der Waals surface area contributed by atoms with E-state index < -0.39 is 6.09 Å². The molecule has 1 aliphatic rings. The van der Waals surface area contributed by atoms with Crippen LogP contribution in [0.3, 0.4) is 0 Å². The highest BCUT2D eigenvalue weighted by Crippen LogP contribution is 2.34. The molecule has 0 aromatic heterocycles. The van der Waals surface area contributed by atoms with Gasteiger partial charge in [-0.1, -0.05) is 30.3 Å². The fraction of sp³-hybridized carbons (Fsp3) is 0.263. The lowest BCUT2D eigenvalue weighted by Gasteiger charge is -2.24. The maximum absolute atomic E-state index is 12.5. The molecule has 1 amide bonds. The van der Waals surface area contributed by atoms with Gasteiger partial charge in [0.05, 0.1) is 18.2 Å². The number of hydrogen-bond donors (Lipinski definition) is 0. The highest BCUT2D eigenvalue weighted by atomic mass is 16.6. The minimum absolute atomic E-state index is 0.174. The summed E-state index contributed by atoms with van der Waals surface area (Å²) >= 11 is 0. The third-order valence-electron chi connectivity index (χ3n) is 3.71. The first-order chi connectivity index (χ1) is 12.3. The van der Waals surface area contributed by atoms with Crippen LogP contribution in [0.25, 0.3) is 0 Å². The maximum atomic E-state index is 12.5. The zero-order chi connectivity index (χ0) is 17.5. The summed E-state index contributed by atoms with van der Waals surface area (Å²) in [7, 11) is 0. The summed E-state index contributed by atoms with van der Waals surface area (Å²) < 4.78 is 16.4. The molecule has 128 valence electrons. The summed E-state index contributed by atoms with van der Waals surface area (Å²) in [6.45, 7) is 1.38. The van der Waals surface area contributed by atoms with Gasteiger partial charge in [-0.2, -0.15) is 5.26 Å². The van der Waals surface area contributed by atoms with E-state index in [2.05, 4.69) is 6.07 Å². The molecule has 0 unspecified atom stereocenters. The van der Waals surface area contributed by atoms with Gasteiger partial charge in [0, 0.05) is 12.6 Å². The van der Waals surface area contributed by atoms with Gasteiger partial charge in [-0.05, 0) is 17.7 Å². The van der Waals surface area contributed by atoms with Gasteiger partial charge < -0.3 is 14.2 Å². The number of nitriles is 1. The van der Waals surface area contributed by atoms with E-state index in [1.807, 2.05) is 30.3 Å². The Kier molecular flexibility index (Phi) is 5.37. The largest absolute Gasteiger partial charge is 0.486 e. The van der Waals surface area contributed by atoms with Gasteiger partial charge in [-0.25, -0.2) is 4.79 Å². The Labute approximate surface area is 146 Å². The monoisotopic (exact) mass is 338 g/mol. The molecule has 6 heteroatoms. The molecule has 2 aromatic rings. The number of carbonyl (C=O) groups excluding carboxylic acids is 1. The van der Waals surface area contributed by atoms with Gasteiger partial charge in [0.1, 0.15) is 19.8 Å². The van der Waals surface area contributed by atoms with Crippen LogP contribution in [0.2, 0.25) is 0 Å². The van der Waals surface area contributed by atoms with E-state index in [1.54, 1.807) is 18.2 Å². The molecule has 0 atom stereocenters. The number of fused-ring (bicyclic) bond motifs is 1. The van der Waals surface area contributed by atoms with E-state index in [-0.39, 0.29) is 19.6 Å². The molecule has 3 rings (SSSR count). The molecule has 1 heterocycles. The Morgan fingerprint density at radius 1 is 1.12 bits per heavy atom. The number of rotatable bonds is 5. The lowest BCUT2D eigenvalue weighted by molar-refractivity contribution is 0.147. The van der Waals surface area contributed by atoms with E-state index >= 15 is 0 Å². The average Bonchev–Trinajstić information content (AvgIpc) is 2.67. The molecule has 0 bridgehead atoms. The van der Waals surface area contributed by atoms with Crippen molar-refractivity contribution in [3.8, 4) is 17.6 Å². The molecule has 0 fully saturated rings. The van der Waals surface area contributed by atoms with E-state index in [4.69, 9.17) is 19.5 Å². The van der Waals surface area contributed by atoms with E-state index in [1.165, 1.54) is 4.90 Å². The Morgan fingerprint density at radius 2 is 1.88 bits per heavy atom. The zero-order valence-electron chi connectivity index (χ0n) is 13.7. The number of hydrogen-bond acceptors (Lipinski definition) is 5. The van der Waals surface area contributed by atoms with Crippen molar-refractivity contribution in [3.05, 3.63) is 54.1 Å². The van der Waals surface area contributed by atoms with Crippen LogP contribution in [0.1, 0.15) is 12.0 Å². The van der Waals surface area contributed by atoms with E-state index in [0.29, 0.717) is 30.4 Å². The Morgan fingerprint density at radius 3 is 2.64 bits per heavy atom. The Balaban J connectivity index is 1.74. The SMILES string of the molecule is N#CCCN(C(=O)OCc1ccccc1)c1ccc2c(c1)OCCO2. The molecule has 0 saturated carbocycles. The summed E-state index contributed by atoms with van der Waals surface area (Å²) in [4.78, 5) is 13.9. The average molecular weight is 338 g/mol.